The lowest BCUT2D eigenvalue weighted by Crippen LogP contribution is -2.55. The van der Waals surface area contributed by atoms with Gasteiger partial charge in [-0.05, 0) is 25.0 Å². The van der Waals surface area contributed by atoms with E-state index in [0.717, 1.165) is 63.1 Å². The summed E-state index contributed by atoms with van der Waals surface area (Å²) in [7, 11) is 0. The molecule has 2 aliphatic heterocycles. The lowest BCUT2D eigenvalue weighted by atomic mass is 9.91. The van der Waals surface area contributed by atoms with E-state index in [0.29, 0.717) is 6.54 Å². The first-order valence-corrected chi connectivity index (χ1v) is 10.5. The fraction of sp³-hybridized carbons (Fsp3) is 0.571. The van der Waals surface area contributed by atoms with Gasteiger partial charge in [0.15, 0.2) is 0 Å². The van der Waals surface area contributed by atoms with Crippen molar-refractivity contribution in [2.75, 3.05) is 39.3 Å². The van der Waals surface area contributed by atoms with Gasteiger partial charge in [0.1, 0.15) is 0 Å². The Kier molecular flexibility index (Phi) is 4.86. The summed E-state index contributed by atoms with van der Waals surface area (Å²) in [6.45, 7) is 6.06. The van der Waals surface area contributed by atoms with E-state index < -0.39 is 0 Å². The van der Waals surface area contributed by atoms with Gasteiger partial charge in [0.05, 0.1) is 17.9 Å². The van der Waals surface area contributed by atoms with E-state index in [9.17, 15) is 4.79 Å². The molecule has 1 saturated carbocycles. The minimum absolute atomic E-state index is 0.276. The molecule has 28 heavy (non-hydrogen) atoms. The zero-order valence-corrected chi connectivity index (χ0v) is 16.3. The van der Waals surface area contributed by atoms with Crippen molar-refractivity contribution < 1.29 is 4.79 Å². The van der Waals surface area contributed by atoms with E-state index in [2.05, 4.69) is 25.9 Å². The van der Waals surface area contributed by atoms with Gasteiger partial charge in [0.2, 0.25) is 5.91 Å². The zero-order chi connectivity index (χ0) is 18.9. The Morgan fingerprint density at radius 1 is 1.07 bits per heavy atom. The minimum Gasteiger partial charge on any atom is -0.339 e. The SMILES string of the molecule is O=C(CN1CCc2nn(-c3ccncc3)cc2C1)N1CCN(C2CCC2)CC1. The summed E-state index contributed by atoms with van der Waals surface area (Å²) in [5.74, 6) is 0.276. The van der Waals surface area contributed by atoms with Crippen molar-refractivity contribution in [2.24, 2.45) is 0 Å². The molecule has 4 heterocycles. The van der Waals surface area contributed by atoms with Gasteiger partial charge < -0.3 is 4.90 Å². The molecule has 0 radical (unpaired) electrons. The van der Waals surface area contributed by atoms with Gasteiger partial charge in [-0.3, -0.25) is 19.6 Å². The van der Waals surface area contributed by atoms with Crippen molar-refractivity contribution in [2.45, 2.75) is 38.3 Å². The Labute approximate surface area is 165 Å². The molecule has 148 valence electrons. The number of fused-ring (bicyclic) bond motifs is 1. The molecule has 2 fully saturated rings. The smallest absolute Gasteiger partial charge is 0.236 e. The Morgan fingerprint density at radius 3 is 2.57 bits per heavy atom. The maximum absolute atomic E-state index is 12.8. The third-order valence-electron chi connectivity index (χ3n) is 6.48. The van der Waals surface area contributed by atoms with Crippen LogP contribution in [0.5, 0.6) is 0 Å². The van der Waals surface area contributed by atoms with Gasteiger partial charge in [0.25, 0.3) is 0 Å². The predicted octanol–water partition coefficient (Wildman–Crippen LogP) is 1.32. The molecule has 7 heteroatoms. The maximum atomic E-state index is 12.8. The van der Waals surface area contributed by atoms with Gasteiger partial charge in [-0.15, -0.1) is 0 Å². The van der Waals surface area contributed by atoms with Crippen LogP contribution in [0.15, 0.2) is 30.7 Å². The number of amides is 1. The number of aromatic nitrogens is 3. The highest BCUT2D eigenvalue weighted by atomic mass is 16.2. The third-order valence-corrected chi connectivity index (χ3v) is 6.48. The standard InChI is InChI=1S/C21H28N6O/c28-21(26-12-10-25(11-13-26)18-2-1-3-18)16-24-9-6-20-17(14-24)15-27(23-20)19-4-7-22-8-5-19/h4-5,7-8,15,18H,1-3,6,9-14,16H2. The normalized spacial score (nSPS) is 21.4. The Morgan fingerprint density at radius 2 is 1.86 bits per heavy atom. The fourth-order valence-corrected chi connectivity index (χ4v) is 4.52. The molecule has 0 spiro atoms. The molecular formula is C21H28N6O. The number of pyridine rings is 1. The summed E-state index contributed by atoms with van der Waals surface area (Å²) in [4.78, 5) is 23.8. The zero-order valence-electron chi connectivity index (χ0n) is 16.3. The fourth-order valence-electron chi connectivity index (χ4n) is 4.52. The van der Waals surface area contributed by atoms with Crippen LogP contribution in [0.25, 0.3) is 5.69 Å². The number of piperazine rings is 1. The highest BCUT2D eigenvalue weighted by molar-refractivity contribution is 5.78. The minimum atomic E-state index is 0.276. The summed E-state index contributed by atoms with van der Waals surface area (Å²) in [5.41, 5.74) is 3.40. The van der Waals surface area contributed by atoms with Gasteiger partial charge in [-0.2, -0.15) is 5.10 Å². The second-order valence-electron chi connectivity index (χ2n) is 8.21. The second-order valence-corrected chi connectivity index (χ2v) is 8.21. The van der Waals surface area contributed by atoms with Crippen LogP contribution in [0, 0.1) is 0 Å². The molecule has 2 aromatic heterocycles. The van der Waals surface area contributed by atoms with Crippen LogP contribution in [-0.2, 0) is 17.8 Å². The summed E-state index contributed by atoms with van der Waals surface area (Å²) in [6, 6.07) is 4.71. The molecule has 1 amide bonds. The first-order chi connectivity index (χ1) is 13.8. The molecular weight excluding hydrogens is 352 g/mol. The summed E-state index contributed by atoms with van der Waals surface area (Å²) in [6.07, 6.45) is 10.6. The van der Waals surface area contributed by atoms with Crippen molar-refractivity contribution in [1.82, 2.24) is 29.5 Å². The Balaban J connectivity index is 1.16. The van der Waals surface area contributed by atoms with Crippen LogP contribution < -0.4 is 0 Å². The monoisotopic (exact) mass is 380 g/mol. The van der Waals surface area contributed by atoms with E-state index in [4.69, 9.17) is 5.10 Å². The first-order valence-electron chi connectivity index (χ1n) is 10.5. The van der Waals surface area contributed by atoms with E-state index in [1.54, 1.807) is 12.4 Å². The number of hydrogen-bond donors (Lipinski definition) is 0. The number of carbonyl (C=O) groups excluding carboxylic acids is 1. The van der Waals surface area contributed by atoms with Gasteiger partial charge in [-0.1, -0.05) is 6.42 Å². The molecule has 5 rings (SSSR count). The van der Waals surface area contributed by atoms with Crippen molar-refractivity contribution in [3.8, 4) is 5.69 Å². The molecule has 1 saturated heterocycles. The first kappa shape index (κ1) is 17.8. The van der Waals surface area contributed by atoms with Crippen molar-refractivity contribution in [3.05, 3.63) is 42.0 Å². The van der Waals surface area contributed by atoms with Crippen LogP contribution in [-0.4, -0.2) is 80.7 Å². The van der Waals surface area contributed by atoms with Crippen molar-refractivity contribution >= 4 is 5.91 Å². The van der Waals surface area contributed by atoms with Crippen molar-refractivity contribution in [1.29, 1.82) is 0 Å². The molecule has 0 aromatic carbocycles. The quantitative estimate of drug-likeness (QED) is 0.801. The average molecular weight is 380 g/mol. The molecule has 3 aliphatic rings. The third kappa shape index (κ3) is 3.56. The van der Waals surface area contributed by atoms with E-state index in [1.807, 2.05) is 16.8 Å². The highest BCUT2D eigenvalue weighted by Gasteiger charge is 2.30. The van der Waals surface area contributed by atoms with E-state index in [1.165, 1.54) is 24.8 Å². The molecule has 0 atom stereocenters. The largest absolute Gasteiger partial charge is 0.339 e. The molecule has 0 bridgehead atoms. The van der Waals surface area contributed by atoms with E-state index >= 15 is 0 Å². The van der Waals surface area contributed by atoms with Crippen LogP contribution in [0.2, 0.25) is 0 Å². The Hall–Kier alpha value is -2.25. The Bertz CT molecular complexity index is 823. The summed E-state index contributed by atoms with van der Waals surface area (Å²) < 4.78 is 1.93. The van der Waals surface area contributed by atoms with Crippen LogP contribution in [0.3, 0.4) is 0 Å². The number of rotatable bonds is 4. The topological polar surface area (TPSA) is 57.5 Å². The summed E-state index contributed by atoms with van der Waals surface area (Å²) >= 11 is 0. The average Bonchev–Trinajstić information content (AvgIpc) is 3.11. The van der Waals surface area contributed by atoms with Crippen LogP contribution in [0.4, 0.5) is 0 Å². The van der Waals surface area contributed by atoms with Crippen LogP contribution in [0.1, 0.15) is 30.5 Å². The summed E-state index contributed by atoms with van der Waals surface area (Å²) in [5, 5.41) is 4.72. The maximum Gasteiger partial charge on any atom is 0.236 e. The molecule has 7 nitrogen and oxygen atoms in total. The van der Waals surface area contributed by atoms with Crippen LogP contribution >= 0.6 is 0 Å². The second kappa shape index (κ2) is 7.64. The number of carbonyl (C=O) groups is 1. The molecule has 2 aromatic rings. The molecule has 1 aliphatic carbocycles. The number of nitrogens with zero attached hydrogens (tertiary/aromatic N) is 6. The van der Waals surface area contributed by atoms with Gasteiger partial charge in [0, 0.05) is 75.9 Å². The number of hydrogen-bond acceptors (Lipinski definition) is 5. The lowest BCUT2D eigenvalue weighted by molar-refractivity contribution is -0.135. The van der Waals surface area contributed by atoms with Gasteiger partial charge >= 0.3 is 0 Å². The van der Waals surface area contributed by atoms with Gasteiger partial charge in [-0.25, -0.2) is 4.68 Å². The predicted molar refractivity (Wildman–Crippen MR) is 106 cm³/mol. The molecule has 0 unspecified atom stereocenters. The highest BCUT2D eigenvalue weighted by Crippen LogP contribution is 2.25. The molecule has 0 N–H and O–H groups in total. The van der Waals surface area contributed by atoms with Crippen molar-refractivity contribution in [3.63, 3.8) is 0 Å². The lowest BCUT2D eigenvalue weighted by Gasteiger charge is -2.43. The van der Waals surface area contributed by atoms with E-state index in [-0.39, 0.29) is 5.91 Å².